The molecule has 2 aromatic heterocycles. The van der Waals surface area contributed by atoms with Gasteiger partial charge in [0.05, 0.1) is 17.5 Å². The number of hydrogen-bond donors (Lipinski definition) is 1. The molecule has 0 spiro atoms. The van der Waals surface area contributed by atoms with E-state index in [0.29, 0.717) is 15.9 Å². The molecule has 0 fully saturated rings. The van der Waals surface area contributed by atoms with Gasteiger partial charge in [-0.3, -0.25) is 9.97 Å². The monoisotopic (exact) mass is 214 g/mol. The number of H-pyrrole nitrogens is 1. The lowest BCUT2D eigenvalue weighted by molar-refractivity contribution is 1.17. The van der Waals surface area contributed by atoms with Crippen molar-refractivity contribution in [2.75, 3.05) is 0 Å². The van der Waals surface area contributed by atoms with Gasteiger partial charge in [-0.1, -0.05) is 12.2 Å². The molecular weight excluding hydrogens is 208 g/mol. The van der Waals surface area contributed by atoms with Gasteiger partial charge in [-0.25, -0.2) is 0 Å². The van der Waals surface area contributed by atoms with Crippen molar-refractivity contribution in [3.63, 3.8) is 0 Å². The first-order valence-electron chi connectivity index (χ1n) is 4.21. The second-order valence-corrected chi connectivity index (χ2v) is 3.23. The fraction of sp³-hybridized carbons (Fsp3) is 0. The van der Waals surface area contributed by atoms with E-state index >= 15 is 0 Å². The molecule has 0 saturated heterocycles. The summed E-state index contributed by atoms with van der Waals surface area (Å²) in [5.74, 6) is 0. The van der Waals surface area contributed by atoms with Crippen LogP contribution in [-0.4, -0.2) is 15.0 Å². The molecule has 0 aliphatic heterocycles. The Morgan fingerprint density at radius 3 is 2.80 bits per heavy atom. The highest BCUT2D eigenvalue weighted by Gasteiger charge is 2.00. The zero-order chi connectivity index (χ0) is 10.7. The Kier molecular flexibility index (Phi) is 2.52. The zero-order valence-electron chi connectivity index (χ0n) is 7.64. The quantitative estimate of drug-likeness (QED) is 0.738. The Balaban J connectivity index is 2.54. The van der Waals surface area contributed by atoms with Crippen molar-refractivity contribution in [1.29, 1.82) is 5.26 Å². The Hall–Kier alpha value is -2.06. The molecule has 0 aliphatic carbocycles. The average Bonchev–Trinajstić information content (AvgIpc) is 2.30. The standard InChI is InChI=1S/C10H6N4S/c11-5-7-1-2-8(14-10(7)15)9-6-12-3-4-13-9/h1-4,6H,(H,14,15). The van der Waals surface area contributed by atoms with Crippen LogP contribution in [0, 0.1) is 16.0 Å². The van der Waals surface area contributed by atoms with Crippen LogP contribution in [0.15, 0.2) is 30.7 Å². The van der Waals surface area contributed by atoms with Crippen LogP contribution in [-0.2, 0) is 0 Å². The molecule has 2 rings (SSSR count). The summed E-state index contributed by atoms with van der Waals surface area (Å²) in [5, 5.41) is 8.72. The van der Waals surface area contributed by atoms with Crippen molar-refractivity contribution in [1.82, 2.24) is 15.0 Å². The minimum absolute atomic E-state index is 0.417. The lowest BCUT2D eigenvalue weighted by Gasteiger charge is -1.99. The first kappa shape index (κ1) is 9.49. The summed E-state index contributed by atoms with van der Waals surface area (Å²) < 4.78 is 0.417. The summed E-state index contributed by atoms with van der Waals surface area (Å²) in [6.07, 6.45) is 4.83. The van der Waals surface area contributed by atoms with E-state index < -0.39 is 0 Å². The van der Waals surface area contributed by atoms with Gasteiger partial charge in [0.15, 0.2) is 0 Å². The van der Waals surface area contributed by atoms with Crippen LogP contribution < -0.4 is 0 Å². The van der Waals surface area contributed by atoms with Crippen LogP contribution in [0.5, 0.6) is 0 Å². The van der Waals surface area contributed by atoms with E-state index in [4.69, 9.17) is 17.5 Å². The Labute approximate surface area is 91.3 Å². The highest BCUT2D eigenvalue weighted by atomic mass is 32.1. The van der Waals surface area contributed by atoms with Gasteiger partial charge in [-0.15, -0.1) is 0 Å². The molecule has 0 saturated carbocycles. The molecule has 0 aromatic carbocycles. The lowest BCUT2D eigenvalue weighted by Crippen LogP contribution is -1.90. The predicted molar refractivity (Wildman–Crippen MR) is 57.4 cm³/mol. The maximum Gasteiger partial charge on any atom is 0.121 e. The summed E-state index contributed by atoms with van der Waals surface area (Å²) >= 11 is 5.01. The largest absolute Gasteiger partial charge is 0.344 e. The molecule has 2 heterocycles. The molecule has 2 aromatic rings. The number of aromatic amines is 1. The Morgan fingerprint density at radius 1 is 1.33 bits per heavy atom. The fourth-order valence-corrected chi connectivity index (χ4v) is 1.37. The van der Waals surface area contributed by atoms with Crippen LogP contribution in [0.3, 0.4) is 0 Å². The van der Waals surface area contributed by atoms with E-state index in [9.17, 15) is 0 Å². The smallest absolute Gasteiger partial charge is 0.121 e. The molecule has 1 N–H and O–H groups in total. The molecule has 0 atom stereocenters. The predicted octanol–water partition coefficient (Wildman–Crippen LogP) is 2.07. The SMILES string of the molecule is N#Cc1ccc(-c2cnccn2)[nH]c1=S. The summed E-state index contributed by atoms with van der Waals surface area (Å²) in [6.45, 7) is 0. The van der Waals surface area contributed by atoms with E-state index in [0.717, 1.165) is 5.69 Å². The third-order valence-corrected chi connectivity index (χ3v) is 2.19. The minimum Gasteiger partial charge on any atom is -0.344 e. The number of nitrogens with zero attached hydrogens (tertiary/aromatic N) is 3. The maximum atomic E-state index is 8.72. The summed E-state index contributed by atoms with van der Waals surface area (Å²) in [7, 11) is 0. The number of hydrogen-bond acceptors (Lipinski definition) is 4. The second kappa shape index (κ2) is 3.98. The molecule has 72 valence electrons. The van der Waals surface area contributed by atoms with Gasteiger partial charge < -0.3 is 4.98 Å². The number of nitrogens with one attached hydrogen (secondary N) is 1. The summed E-state index contributed by atoms with van der Waals surface area (Å²) in [6, 6.07) is 5.43. The van der Waals surface area contributed by atoms with Crippen molar-refractivity contribution in [2.24, 2.45) is 0 Å². The van der Waals surface area contributed by atoms with Crippen LogP contribution in [0.25, 0.3) is 11.4 Å². The van der Waals surface area contributed by atoms with Gasteiger partial charge in [0.1, 0.15) is 16.4 Å². The van der Waals surface area contributed by atoms with Gasteiger partial charge in [-0.2, -0.15) is 5.26 Å². The fourth-order valence-electron chi connectivity index (χ4n) is 1.15. The maximum absolute atomic E-state index is 8.72. The highest BCUT2D eigenvalue weighted by molar-refractivity contribution is 7.71. The molecule has 4 nitrogen and oxygen atoms in total. The van der Waals surface area contributed by atoms with Crippen molar-refractivity contribution in [3.05, 3.63) is 40.9 Å². The molecule has 0 radical (unpaired) electrons. The third kappa shape index (κ3) is 1.90. The highest BCUT2D eigenvalue weighted by Crippen LogP contribution is 2.13. The van der Waals surface area contributed by atoms with Crippen LogP contribution in [0.1, 0.15) is 5.56 Å². The minimum atomic E-state index is 0.417. The number of nitriles is 1. The van der Waals surface area contributed by atoms with Gasteiger partial charge in [0.25, 0.3) is 0 Å². The number of aromatic nitrogens is 3. The second-order valence-electron chi connectivity index (χ2n) is 2.82. The number of pyridine rings is 1. The molecule has 0 bridgehead atoms. The van der Waals surface area contributed by atoms with Crippen molar-refractivity contribution in [2.45, 2.75) is 0 Å². The first-order valence-corrected chi connectivity index (χ1v) is 4.62. The molecule has 15 heavy (non-hydrogen) atoms. The van der Waals surface area contributed by atoms with Gasteiger partial charge in [0, 0.05) is 12.4 Å². The molecule has 0 unspecified atom stereocenters. The Morgan fingerprint density at radius 2 is 2.20 bits per heavy atom. The van der Waals surface area contributed by atoms with E-state index in [2.05, 4.69) is 15.0 Å². The number of rotatable bonds is 1. The normalized spacial score (nSPS) is 9.53. The van der Waals surface area contributed by atoms with Crippen LogP contribution in [0.2, 0.25) is 0 Å². The van der Waals surface area contributed by atoms with Crippen molar-refractivity contribution < 1.29 is 0 Å². The van der Waals surface area contributed by atoms with Crippen molar-refractivity contribution >= 4 is 12.2 Å². The molecule has 0 amide bonds. The topological polar surface area (TPSA) is 65.4 Å². The van der Waals surface area contributed by atoms with Gasteiger partial charge in [-0.05, 0) is 12.1 Å². The van der Waals surface area contributed by atoms with E-state index in [1.807, 2.05) is 6.07 Å². The molecular formula is C10H6N4S. The van der Waals surface area contributed by atoms with Crippen molar-refractivity contribution in [3.8, 4) is 17.5 Å². The van der Waals surface area contributed by atoms with Crippen LogP contribution in [0.4, 0.5) is 0 Å². The first-order chi connectivity index (χ1) is 7.31. The van der Waals surface area contributed by atoms with Crippen LogP contribution >= 0.6 is 12.2 Å². The van der Waals surface area contributed by atoms with E-state index in [1.54, 1.807) is 30.7 Å². The lowest BCUT2D eigenvalue weighted by atomic mass is 10.2. The van der Waals surface area contributed by atoms with Gasteiger partial charge >= 0.3 is 0 Å². The third-order valence-electron chi connectivity index (χ3n) is 1.87. The van der Waals surface area contributed by atoms with E-state index in [-0.39, 0.29) is 0 Å². The zero-order valence-corrected chi connectivity index (χ0v) is 8.45. The summed E-state index contributed by atoms with van der Waals surface area (Å²) in [4.78, 5) is 11.0. The Bertz CT molecular complexity index is 568. The average molecular weight is 214 g/mol. The summed E-state index contributed by atoms with van der Waals surface area (Å²) in [5.41, 5.74) is 1.91. The molecule has 0 aliphatic rings. The molecule has 5 heteroatoms. The van der Waals surface area contributed by atoms with Gasteiger partial charge in [0.2, 0.25) is 0 Å². The van der Waals surface area contributed by atoms with E-state index in [1.165, 1.54) is 0 Å².